The molecular weight excluding hydrogens is 345 g/mol. The Morgan fingerprint density at radius 3 is 3.15 bits per heavy atom. The van der Waals surface area contributed by atoms with E-state index in [2.05, 4.69) is 31.8 Å². The molecule has 108 valence electrons. The zero-order chi connectivity index (χ0) is 14.4. The molecule has 20 heavy (non-hydrogen) atoms. The molecule has 0 radical (unpaired) electrons. The van der Waals surface area contributed by atoms with Gasteiger partial charge < -0.3 is 10.1 Å². The third-order valence-corrected chi connectivity index (χ3v) is 3.68. The van der Waals surface area contributed by atoms with E-state index in [1.807, 2.05) is 0 Å². The molecule has 0 aliphatic carbocycles. The van der Waals surface area contributed by atoms with Crippen molar-refractivity contribution in [2.75, 3.05) is 13.2 Å². The molecule has 2 rings (SSSR count). The van der Waals surface area contributed by atoms with Crippen LogP contribution in [-0.2, 0) is 4.74 Å². The SMILES string of the molecule is Fc1ccc(/C=N\NC(=S)NC[C@@H]2CCCO2)cc1Br. The molecule has 1 aliphatic heterocycles. The van der Waals surface area contributed by atoms with Gasteiger partial charge in [-0.25, -0.2) is 4.39 Å². The number of hydrazone groups is 1. The number of benzene rings is 1. The Bertz CT molecular complexity index is 506. The zero-order valence-corrected chi connectivity index (χ0v) is 13.1. The van der Waals surface area contributed by atoms with E-state index < -0.39 is 0 Å². The molecule has 0 saturated carbocycles. The number of nitrogens with zero attached hydrogens (tertiary/aromatic N) is 1. The van der Waals surface area contributed by atoms with Crippen LogP contribution in [0, 0.1) is 5.82 Å². The van der Waals surface area contributed by atoms with Crippen LogP contribution < -0.4 is 10.7 Å². The maximum absolute atomic E-state index is 13.0. The molecule has 0 aromatic heterocycles. The number of thiocarbonyl (C=S) groups is 1. The molecule has 4 nitrogen and oxygen atoms in total. The van der Waals surface area contributed by atoms with E-state index in [9.17, 15) is 4.39 Å². The lowest BCUT2D eigenvalue weighted by Crippen LogP contribution is -2.37. The van der Waals surface area contributed by atoms with Crippen molar-refractivity contribution in [1.29, 1.82) is 0 Å². The summed E-state index contributed by atoms with van der Waals surface area (Å²) in [5.41, 5.74) is 3.49. The first kappa shape index (κ1) is 15.3. The van der Waals surface area contributed by atoms with Gasteiger partial charge in [0.2, 0.25) is 0 Å². The van der Waals surface area contributed by atoms with Crippen LogP contribution in [0.15, 0.2) is 27.8 Å². The average Bonchev–Trinajstić information content (AvgIpc) is 2.94. The third kappa shape index (κ3) is 4.81. The minimum absolute atomic E-state index is 0.229. The van der Waals surface area contributed by atoms with Crippen LogP contribution in [-0.4, -0.2) is 30.6 Å². The standard InChI is InChI=1S/C13H15BrFN3OS/c14-11-6-9(3-4-12(11)15)7-17-18-13(20)16-8-10-2-1-5-19-10/h3-4,6-7,10H,1-2,5,8H2,(H2,16,18,20)/b17-7-/t10-/m0/s1. The number of hydrogen-bond donors (Lipinski definition) is 2. The number of nitrogens with one attached hydrogen (secondary N) is 2. The molecule has 2 N–H and O–H groups in total. The molecule has 0 amide bonds. The van der Waals surface area contributed by atoms with E-state index in [0.717, 1.165) is 25.0 Å². The Labute approximate surface area is 130 Å². The largest absolute Gasteiger partial charge is 0.376 e. The summed E-state index contributed by atoms with van der Waals surface area (Å²) >= 11 is 8.21. The van der Waals surface area contributed by atoms with E-state index in [1.54, 1.807) is 18.3 Å². The third-order valence-electron chi connectivity index (χ3n) is 2.84. The molecule has 1 fully saturated rings. The molecule has 0 spiro atoms. The van der Waals surface area contributed by atoms with Gasteiger partial charge in [-0.15, -0.1) is 0 Å². The van der Waals surface area contributed by atoms with E-state index in [0.29, 0.717) is 16.1 Å². The molecular formula is C13H15BrFN3OS. The highest BCUT2D eigenvalue weighted by atomic mass is 79.9. The van der Waals surface area contributed by atoms with E-state index in [4.69, 9.17) is 17.0 Å². The summed E-state index contributed by atoms with van der Waals surface area (Å²) in [5.74, 6) is -0.302. The fourth-order valence-corrected chi connectivity index (χ4v) is 2.34. The Kier molecular flexibility index (Phi) is 5.87. The summed E-state index contributed by atoms with van der Waals surface area (Å²) in [6.45, 7) is 1.51. The van der Waals surface area contributed by atoms with Crippen LogP contribution >= 0.6 is 28.1 Å². The first-order valence-corrected chi connectivity index (χ1v) is 7.49. The van der Waals surface area contributed by atoms with Gasteiger partial charge in [0.1, 0.15) is 5.82 Å². The topological polar surface area (TPSA) is 45.7 Å². The molecule has 1 saturated heterocycles. The second kappa shape index (κ2) is 7.66. The molecule has 1 aliphatic rings. The van der Waals surface area contributed by atoms with Crippen LogP contribution in [0.5, 0.6) is 0 Å². The number of hydrogen-bond acceptors (Lipinski definition) is 3. The monoisotopic (exact) mass is 359 g/mol. The van der Waals surface area contributed by atoms with Crippen LogP contribution in [0.1, 0.15) is 18.4 Å². The van der Waals surface area contributed by atoms with Gasteiger partial charge in [0, 0.05) is 13.2 Å². The average molecular weight is 360 g/mol. The summed E-state index contributed by atoms with van der Waals surface area (Å²) in [4.78, 5) is 0. The second-order valence-corrected chi connectivity index (χ2v) is 5.65. The maximum Gasteiger partial charge on any atom is 0.187 e. The van der Waals surface area contributed by atoms with Gasteiger partial charge in [-0.2, -0.15) is 5.10 Å². The van der Waals surface area contributed by atoms with Crippen LogP contribution in [0.2, 0.25) is 0 Å². The number of ether oxygens (including phenoxy) is 1. The first-order chi connectivity index (χ1) is 9.65. The Hall–Kier alpha value is -1.05. The lowest BCUT2D eigenvalue weighted by molar-refractivity contribution is 0.114. The Balaban J connectivity index is 1.74. The highest BCUT2D eigenvalue weighted by Gasteiger charge is 2.14. The van der Waals surface area contributed by atoms with Gasteiger partial charge in [0.25, 0.3) is 0 Å². The van der Waals surface area contributed by atoms with Gasteiger partial charge in [0.15, 0.2) is 5.11 Å². The van der Waals surface area contributed by atoms with Crippen molar-refractivity contribution >= 4 is 39.5 Å². The highest BCUT2D eigenvalue weighted by Crippen LogP contribution is 2.15. The van der Waals surface area contributed by atoms with Crippen molar-refractivity contribution in [3.8, 4) is 0 Å². The van der Waals surface area contributed by atoms with Gasteiger partial charge in [-0.3, -0.25) is 5.43 Å². The van der Waals surface area contributed by atoms with Crippen molar-refractivity contribution in [1.82, 2.24) is 10.7 Å². The lowest BCUT2D eigenvalue weighted by Gasteiger charge is -2.11. The van der Waals surface area contributed by atoms with Gasteiger partial charge in [0.05, 0.1) is 16.8 Å². The second-order valence-electron chi connectivity index (χ2n) is 4.39. The van der Waals surface area contributed by atoms with Gasteiger partial charge >= 0.3 is 0 Å². The summed E-state index contributed by atoms with van der Waals surface area (Å²) in [5, 5.41) is 7.48. The molecule has 7 heteroatoms. The molecule has 1 atom stereocenters. The van der Waals surface area contributed by atoms with Crippen molar-refractivity contribution in [3.05, 3.63) is 34.1 Å². The van der Waals surface area contributed by atoms with E-state index >= 15 is 0 Å². The number of rotatable bonds is 4. The van der Waals surface area contributed by atoms with Crippen LogP contribution in [0.25, 0.3) is 0 Å². The van der Waals surface area contributed by atoms with Crippen LogP contribution in [0.3, 0.4) is 0 Å². The molecule has 0 bridgehead atoms. The van der Waals surface area contributed by atoms with Crippen molar-refractivity contribution in [2.45, 2.75) is 18.9 Å². The molecule has 1 aromatic carbocycles. The number of halogens is 2. The molecule has 1 heterocycles. The fourth-order valence-electron chi connectivity index (χ4n) is 1.81. The maximum atomic E-state index is 13.0. The quantitative estimate of drug-likeness (QED) is 0.492. The molecule has 0 unspecified atom stereocenters. The summed E-state index contributed by atoms with van der Waals surface area (Å²) in [6, 6.07) is 4.65. The smallest absolute Gasteiger partial charge is 0.187 e. The Morgan fingerprint density at radius 1 is 1.60 bits per heavy atom. The predicted molar refractivity (Wildman–Crippen MR) is 84.4 cm³/mol. The fraction of sp³-hybridized carbons (Fsp3) is 0.385. The lowest BCUT2D eigenvalue weighted by atomic mass is 10.2. The van der Waals surface area contributed by atoms with Crippen LogP contribution in [0.4, 0.5) is 4.39 Å². The normalized spacial score (nSPS) is 18.4. The highest BCUT2D eigenvalue weighted by molar-refractivity contribution is 9.10. The van der Waals surface area contributed by atoms with Gasteiger partial charge in [-0.05, 0) is 58.7 Å². The van der Waals surface area contributed by atoms with Crippen molar-refractivity contribution in [3.63, 3.8) is 0 Å². The van der Waals surface area contributed by atoms with E-state index in [1.165, 1.54) is 6.07 Å². The molecule has 1 aromatic rings. The minimum atomic E-state index is -0.302. The predicted octanol–water partition coefficient (Wildman–Crippen LogP) is 2.57. The van der Waals surface area contributed by atoms with Gasteiger partial charge in [-0.1, -0.05) is 6.07 Å². The summed E-state index contributed by atoms with van der Waals surface area (Å²) < 4.78 is 18.9. The minimum Gasteiger partial charge on any atom is -0.376 e. The zero-order valence-electron chi connectivity index (χ0n) is 10.7. The Morgan fingerprint density at radius 2 is 2.45 bits per heavy atom. The van der Waals surface area contributed by atoms with Crippen molar-refractivity contribution in [2.24, 2.45) is 5.10 Å². The summed E-state index contributed by atoms with van der Waals surface area (Å²) in [7, 11) is 0. The van der Waals surface area contributed by atoms with E-state index in [-0.39, 0.29) is 11.9 Å². The van der Waals surface area contributed by atoms with Crippen molar-refractivity contribution < 1.29 is 9.13 Å². The summed E-state index contributed by atoms with van der Waals surface area (Å²) in [6.07, 6.45) is 3.96. The first-order valence-electron chi connectivity index (χ1n) is 6.29.